The van der Waals surface area contributed by atoms with Gasteiger partial charge in [-0.2, -0.15) is 0 Å². The smallest absolute Gasteiger partial charge is 0.363 e. The van der Waals surface area contributed by atoms with Crippen LogP contribution in [0.1, 0.15) is 23.6 Å². The quantitative estimate of drug-likeness (QED) is 0.392. The molecule has 2 aromatic rings. The van der Waals surface area contributed by atoms with E-state index in [-0.39, 0.29) is 5.70 Å². The van der Waals surface area contributed by atoms with E-state index in [0.717, 1.165) is 32.5 Å². The monoisotopic (exact) mass is 411 g/mol. The lowest BCUT2D eigenvalue weighted by molar-refractivity contribution is -0.129. The molecule has 0 aromatic heterocycles. The van der Waals surface area contributed by atoms with Crippen molar-refractivity contribution in [3.05, 3.63) is 81.5 Å². The zero-order valence-corrected chi connectivity index (χ0v) is 16.2. The van der Waals surface area contributed by atoms with E-state index >= 15 is 0 Å². The third kappa shape index (κ3) is 4.29. The summed E-state index contributed by atoms with van der Waals surface area (Å²) in [4.78, 5) is 16.4. The predicted molar refractivity (Wildman–Crippen MR) is 106 cm³/mol. The molecule has 0 atom stereocenters. The molecule has 0 radical (unpaired) electrons. The first-order valence-corrected chi connectivity index (χ1v) is 8.88. The van der Waals surface area contributed by atoms with Crippen LogP contribution in [0.5, 0.6) is 5.75 Å². The number of aliphatic imine (C=N–C) groups is 1. The fourth-order valence-electron chi connectivity index (χ4n) is 2.34. The van der Waals surface area contributed by atoms with Crippen LogP contribution < -0.4 is 4.74 Å². The molecule has 0 amide bonds. The molecule has 1 heterocycles. The molecule has 5 heteroatoms. The maximum Gasteiger partial charge on any atom is 0.363 e. The average molecular weight is 412 g/mol. The van der Waals surface area contributed by atoms with Gasteiger partial charge in [-0.1, -0.05) is 34.6 Å². The topological polar surface area (TPSA) is 47.9 Å². The molecule has 4 nitrogen and oxygen atoms in total. The van der Waals surface area contributed by atoms with Gasteiger partial charge in [-0.15, -0.1) is 0 Å². The van der Waals surface area contributed by atoms with Gasteiger partial charge in [-0.3, -0.25) is 0 Å². The van der Waals surface area contributed by atoms with E-state index in [1.165, 1.54) is 0 Å². The van der Waals surface area contributed by atoms with Gasteiger partial charge in [0.05, 0.1) is 0 Å². The van der Waals surface area contributed by atoms with Crippen molar-refractivity contribution in [3.63, 3.8) is 0 Å². The van der Waals surface area contributed by atoms with E-state index in [1.54, 1.807) is 6.08 Å². The number of hydrogen-bond donors (Lipinski definition) is 0. The maximum atomic E-state index is 12.1. The number of ether oxygens (including phenoxy) is 2. The molecule has 0 unspecified atom stereocenters. The summed E-state index contributed by atoms with van der Waals surface area (Å²) in [7, 11) is 0. The van der Waals surface area contributed by atoms with Crippen LogP contribution >= 0.6 is 15.9 Å². The Bertz CT molecular complexity index is 927. The van der Waals surface area contributed by atoms with Gasteiger partial charge in [0, 0.05) is 10.0 Å². The summed E-state index contributed by atoms with van der Waals surface area (Å²) < 4.78 is 11.9. The molecule has 0 aliphatic carbocycles. The number of carbonyl (C=O) groups excluding carboxylic acids is 1. The summed E-state index contributed by atoms with van der Waals surface area (Å²) >= 11 is 3.46. The van der Waals surface area contributed by atoms with E-state index in [0.29, 0.717) is 12.5 Å². The fourth-order valence-corrected chi connectivity index (χ4v) is 2.58. The lowest BCUT2D eigenvalue weighted by atomic mass is 10.1. The highest BCUT2D eigenvalue weighted by Crippen LogP contribution is 2.23. The van der Waals surface area contributed by atoms with E-state index in [2.05, 4.69) is 27.5 Å². The molecule has 0 saturated heterocycles. The predicted octanol–water partition coefficient (Wildman–Crippen LogP) is 5.06. The van der Waals surface area contributed by atoms with Crippen molar-refractivity contribution in [1.29, 1.82) is 0 Å². The molecular formula is C21H18BrNO3. The van der Waals surface area contributed by atoms with Crippen molar-refractivity contribution in [1.82, 2.24) is 0 Å². The normalized spacial score (nSPS) is 15.0. The molecule has 0 N–H and O–H groups in total. The van der Waals surface area contributed by atoms with Gasteiger partial charge in [0.2, 0.25) is 5.90 Å². The molecule has 26 heavy (non-hydrogen) atoms. The number of halogens is 1. The third-order valence-electron chi connectivity index (χ3n) is 3.69. The average Bonchev–Trinajstić information content (AvgIpc) is 2.97. The fraction of sp³-hybridized carbons (Fsp3) is 0.143. The second-order valence-electron chi connectivity index (χ2n) is 6.11. The molecular weight excluding hydrogens is 394 g/mol. The van der Waals surface area contributed by atoms with Gasteiger partial charge in [0.1, 0.15) is 12.4 Å². The number of esters is 1. The maximum absolute atomic E-state index is 12.1. The van der Waals surface area contributed by atoms with Crippen LogP contribution in [-0.2, 0) is 9.53 Å². The molecule has 2 aromatic carbocycles. The Morgan fingerprint density at radius 2 is 2.00 bits per heavy atom. The van der Waals surface area contributed by atoms with Crippen molar-refractivity contribution in [3.8, 4) is 5.75 Å². The Balaban J connectivity index is 1.79. The Morgan fingerprint density at radius 1 is 1.27 bits per heavy atom. The van der Waals surface area contributed by atoms with Gasteiger partial charge < -0.3 is 9.47 Å². The van der Waals surface area contributed by atoms with Gasteiger partial charge in [-0.05, 0) is 67.0 Å². The minimum Gasteiger partial charge on any atom is -0.489 e. The van der Waals surface area contributed by atoms with Crippen molar-refractivity contribution < 1.29 is 14.3 Å². The van der Waals surface area contributed by atoms with E-state index in [1.807, 2.05) is 56.3 Å². The number of carbonyl (C=O) groups is 1. The largest absolute Gasteiger partial charge is 0.489 e. The highest BCUT2D eigenvalue weighted by Gasteiger charge is 2.24. The van der Waals surface area contributed by atoms with Crippen LogP contribution in [0.4, 0.5) is 0 Å². The van der Waals surface area contributed by atoms with Crippen LogP contribution in [0.2, 0.25) is 0 Å². The van der Waals surface area contributed by atoms with Gasteiger partial charge in [-0.25, -0.2) is 9.79 Å². The molecule has 1 aliphatic rings. The number of aryl methyl sites for hydroxylation is 1. The van der Waals surface area contributed by atoms with Crippen LogP contribution in [0.15, 0.2) is 69.8 Å². The molecule has 132 valence electrons. The highest BCUT2D eigenvalue weighted by molar-refractivity contribution is 9.10. The van der Waals surface area contributed by atoms with Crippen molar-refractivity contribution in [2.75, 3.05) is 6.61 Å². The van der Waals surface area contributed by atoms with Gasteiger partial charge in [0.25, 0.3) is 0 Å². The first-order valence-electron chi connectivity index (χ1n) is 8.09. The van der Waals surface area contributed by atoms with Crippen LogP contribution in [0.3, 0.4) is 0 Å². The summed E-state index contributed by atoms with van der Waals surface area (Å²) in [6, 6.07) is 13.1. The summed E-state index contributed by atoms with van der Waals surface area (Å²) in [5.41, 5.74) is 3.89. The minimum atomic E-state index is -0.455. The zero-order chi connectivity index (χ0) is 18.7. The van der Waals surface area contributed by atoms with E-state index in [9.17, 15) is 4.79 Å². The highest BCUT2D eigenvalue weighted by atomic mass is 79.9. The van der Waals surface area contributed by atoms with Gasteiger partial charge >= 0.3 is 5.97 Å². The van der Waals surface area contributed by atoms with Crippen LogP contribution in [-0.4, -0.2) is 18.5 Å². The number of cyclic esters (lactones) is 1. The number of nitrogens with zero attached hydrogens (tertiary/aromatic N) is 1. The molecule has 0 saturated carbocycles. The Kier molecular flexibility index (Phi) is 5.38. The summed E-state index contributed by atoms with van der Waals surface area (Å²) in [6.07, 6.45) is 1.70. The minimum absolute atomic E-state index is 0.274. The molecule has 0 bridgehead atoms. The Hall–Kier alpha value is -2.66. The zero-order valence-electron chi connectivity index (χ0n) is 14.6. The summed E-state index contributed by atoms with van der Waals surface area (Å²) in [5, 5.41) is 0. The number of hydrogen-bond acceptors (Lipinski definition) is 4. The standard InChI is InChI=1S/C21H18BrNO3/c1-13(2)12-25-17-7-4-15(5-8-17)11-19-21(24)26-20(23-19)16-6-9-18(22)14(3)10-16/h4-11H,1,12H2,2-3H3/b19-11+. The molecule has 0 spiro atoms. The molecule has 0 fully saturated rings. The molecule has 3 rings (SSSR count). The van der Waals surface area contributed by atoms with Crippen molar-refractivity contribution >= 4 is 33.9 Å². The second kappa shape index (κ2) is 7.70. The first-order chi connectivity index (χ1) is 12.4. The number of rotatable bonds is 5. The van der Waals surface area contributed by atoms with Crippen molar-refractivity contribution in [2.45, 2.75) is 13.8 Å². The number of benzene rings is 2. The first kappa shape index (κ1) is 18.1. The Labute approximate surface area is 161 Å². The Morgan fingerprint density at radius 3 is 2.65 bits per heavy atom. The lowest BCUT2D eigenvalue weighted by Crippen LogP contribution is -2.05. The molecule has 1 aliphatic heterocycles. The lowest BCUT2D eigenvalue weighted by Gasteiger charge is -2.05. The SMILES string of the molecule is C=C(C)COc1ccc(/C=C2/N=C(c3ccc(Br)c(C)c3)OC2=O)cc1. The van der Waals surface area contributed by atoms with Gasteiger partial charge in [0.15, 0.2) is 5.70 Å². The third-order valence-corrected chi connectivity index (χ3v) is 4.58. The van der Waals surface area contributed by atoms with Crippen molar-refractivity contribution in [2.24, 2.45) is 4.99 Å². The van der Waals surface area contributed by atoms with E-state index in [4.69, 9.17) is 9.47 Å². The summed E-state index contributed by atoms with van der Waals surface area (Å²) in [5.74, 6) is 0.611. The second-order valence-corrected chi connectivity index (χ2v) is 6.97. The summed E-state index contributed by atoms with van der Waals surface area (Å²) in [6.45, 7) is 8.16. The van der Waals surface area contributed by atoms with E-state index < -0.39 is 5.97 Å². The van der Waals surface area contributed by atoms with Crippen LogP contribution in [0.25, 0.3) is 6.08 Å². The van der Waals surface area contributed by atoms with Crippen LogP contribution in [0, 0.1) is 6.92 Å².